The maximum absolute atomic E-state index is 5.18. The van der Waals surface area contributed by atoms with Crippen molar-refractivity contribution in [3.8, 4) is 0 Å². The minimum absolute atomic E-state index is 0.332. The molecule has 1 aromatic heterocycles. The van der Waals surface area contributed by atoms with Gasteiger partial charge in [-0.3, -0.25) is 4.98 Å². The Labute approximate surface area is 91.9 Å². The first-order valence-electron chi connectivity index (χ1n) is 5.30. The summed E-state index contributed by atoms with van der Waals surface area (Å²) in [5, 5.41) is 3.43. The smallest absolute Gasteiger partial charge is 0.0666 e. The number of aryl methyl sites for hydroxylation is 1. The summed E-state index contributed by atoms with van der Waals surface area (Å²) in [7, 11) is 1.73. The van der Waals surface area contributed by atoms with Crippen molar-refractivity contribution >= 4 is 5.69 Å². The molecule has 1 N–H and O–H groups in total. The highest BCUT2D eigenvalue weighted by molar-refractivity contribution is 5.43. The van der Waals surface area contributed by atoms with Gasteiger partial charge in [0, 0.05) is 19.5 Å². The van der Waals surface area contributed by atoms with Gasteiger partial charge in [-0.05, 0) is 24.5 Å². The minimum Gasteiger partial charge on any atom is -0.383 e. The van der Waals surface area contributed by atoms with E-state index in [-0.39, 0.29) is 0 Å². The number of methoxy groups -OCH3 is 1. The lowest BCUT2D eigenvalue weighted by molar-refractivity contribution is 0.171. The molecular formula is C12H20N2O. The van der Waals surface area contributed by atoms with Crippen molar-refractivity contribution in [1.82, 2.24) is 4.98 Å². The summed E-state index contributed by atoms with van der Waals surface area (Å²) >= 11 is 0. The first kappa shape index (κ1) is 12.0. The van der Waals surface area contributed by atoms with Gasteiger partial charge in [0.05, 0.1) is 18.3 Å². The average molecular weight is 208 g/mol. The molecule has 0 aromatic carbocycles. The highest BCUT2D eigenvalue weighted by Gasteiger charge is 2.12. The van der Waals surface area contributed by atoms with Crippen LogP contribution in [0, 0.1) is 12.8 Å². The number of nitrogens with zero attached hydrogens (tertiary/aromatic N) is 1. The Bertz CT molecular complexity index is 299. The van der Waals surface area contributed by atoms with Gasteiger partial charge in [-0.25, -0.2) is 0 Å². The molecule has 0 aliphatic heterocycles. The molecule has 0 fully saturated rings. The second-order valence-electron chi connectivity index (χ2n) is 4.20. The lowest BCUT2D eigenvalue weighted by atomic mass is 10.1. The molecule has 0 saturated carbocycles. The number of pyridine rings is 1. The van der Waals surface area contributed by atoms with E-state index >= 15 is 0 Å². The van der Waals surface area contributed by atoms with Crippen molar-refractivity contribution < 1.29 is 4.74 Å². The molecule has 1 atom stereocenters. The molecule has 0 saturated heterocycles. The molecule has 0 spiro atoms. The molecule has 3 nitrogen and oxygen atoms in total. The lowest BCUT2D eigenvalue weighted by Crippen LogP contribution is -2.30. The number of ether oxygens (including phenoxy) is 1. The Morgan fingerprint density at radius 3 is 2.67 bits per heavy atom. The quantitative estimate of drug-likeness (QED) is 0.807. The van der Waals surface area contributed by atoms with Crippen LogP contribution in [0.15, 0.2) is 18.5 Å². The van der Waals surface area contributed by atoms with Crippen molar-refractivity contribution in [3.63, 3.8) is 0 Å². The SMILES string of the molecule is COCC(Nc1cncc(C)c1)C(C)C. The standard InChI is InChI=1S/C12H20N2O/c1-9(2)12(8-15-4)14-11-5-10(3)6-13-7-11/h5-7,9,12,14H,8H2,1-4H3. The van der Waals surface area contributed by atoms with Gasteiger partial charge in [0.2, 0.25) is 0 Å². The van der Waals surface area contributed by atoms with Crippen molar-refractivity contribution in [2.75, 3.05) is 19.0 Å². The third-order valence-electron chi connectivity index (χ3n) is 2.38. The summed E-state index contributed by atoms with van der Waals surface area (Å²) in [5.74, 6) is 0.533. The number of nitrogens with one attached hydrogen (secondary N) is 1. The van der Waals surface area contributed by atoms with Crippen LogP contribution in [0.4, 0.5) is 5.69 Å². The third-order valence-corrected chi connectivity index (χ3v) is 2.38. The maximum atomic E-state index is 5.18. The third kappa shape index (κ3) is 3.88. The lowest BCUT2D eigenvalue weighted by Gasteiger charge is -2.22. The van der Waals surface area contributed by atoms with Gasteiger partial charge < -0.3 is 10.1 Å². The van der Waals surface area contributed by atoms with Crippen LogP contribution >= 0.6 is 0 Å². The zero-order valence-electron chi connectivity index (χ0n) is 9.95. The van der Waals surface area contributed by atoms with Crippen molar-refractivity contribution in [2.24, 2.45) is 5.92 Å². The Morgan fingerprint density at radius 1 is 1.40 bits per heavy atom. The Morgan fingerprint density at radius 2 is 2.13 bits per heavy atom. The van der Waals surface area contributed by atoms with E-state index in [1.54, 1.807) is 7.11 Å². The molecule has 0 radical (unpaired) electrons. The number of hydrogen-bond acceptors (Lipinski definition) is 3. The van der Waals surface area contributed by atoms with Crippen LogP contribution in [0.3, 0.4) is 0 Å². The largest absolute Gasteiger partial charge is 0.383 e. The number of aromatic nitrogens is 1. The summed E-state index contributed by atoms with van der Waals surface area (Å²) < 4.78 is 5.18. The van der Waals surface area contributed by atoms with Gasteiger partial charge in [-0.2, -0.15) is 0 Å². The minimum atomic E-state index is 0.332. The predicted molar refractivity (Wildman–Crippen MR) is 63.1 cm³/mol. The molecule has 1 rings (SSSR count). The molecule has 1 unspecified atom stereocenters. The molecule has 0 aliphatic rings. The number of anilines is 1. The summed E-state index contributed by atoms with van der Waals surface area (Å²) in [6, 6.07) is 2.43. The fourth-order valence-electron chi connectivity index (χ4n) is 1.43. The van der Waals surface area contributed by atoms with Crippen LogP contribution in [-0.2, 0) is 4.74 Å². The highest BCUT2D eigenvalue weighted by atomic mass is 16.5. The molecule has 3 heteroatoms. The Kier molecular flexibility index (Phi) is 4.56. The van der Waals surface area contributed by atoms with Gasteiger partial charge in [0.1, 0.15) is 0 Å². The van der Waals surface area contributed by atoms with E-state index in [9.17, 15) is 0 Å². The van der Waals surface area contributed by atoms with Crippen LogP contribution in [0.25, 0.3) is 0 Å². The van der Waals surface area contributed by atoms with E-state index < -0.39 is 0 Å². The fourth-order valence-corrected chi connectivity index (χ4v) is 1.43. The van der Waals surface area contributed by atoms with Gasteiger partial charge in [-0.1, -0.05) is 13.8 Å². The Hall–Kier alpha value is -1.09. The second kappa shape index (κ2) is 5.71. The van der Waals surface area contributed by atoms with E-state index in [0.717, 1.165) is 5.69 Å². The van der Waals surface area contributed by atoms with E-state index in [1.807, 2.05) is 19.3 Å². The molecule has 1 heterocycles. The average Bonchev–Trinajstić information content (AvgIpc) is 2.17. The van der Waals surface area contributed by atoms with E-state index in [4.69, 9.17) is 4.74 Å². The Balaban J connectivity index is 2.65. The number of hydrogen-bond donors (Lipinski definition) is 1. The summed E-state index contributed by atoms with van der Waals surface area (Å²) in [4.78, 5) is 4.15. The summed E-state index contributed by atoms with van der Waals surface area (Å²) in [5.41, 5.74) is 2.23. The van der Waals surface area contributed by atoms with Crippen LogP contribution in [-0.4, -0.2) is 24.7 Å². The molecule has 0 bridgehead atoms. The first-order chi connectivity index (χ1) is 7.13. The summed E-state index contributed by atoms with van der Waals surface area (Å²) in [6.07, 6.45) is 3.70. The van der Waals surface area contributed by atoms with Gasteiger partial charge in [0.15, 0.2) is 0 Å². The fraction of sp³-hybridized carbons (Fsp3) is 0.583. The molecule has 0 amide bonds. The normalized spacial score (nSPS) is 12.9. The monoisotopic (exact) mass is 208 g/mol. The topological polar surface area (TPSA) is 34.1 Å². The zero-order chi connectivity index (χ0) is 11.3. The van der Waals surface area contributed by atoms with Gasteiger partial charge in [-0.15, -0.1) is 0 Å². The summed E-state index contributed by atoms with van der Waals surface area (Å²) in [6.45, 7) is 7.12. The van der Waals surface area contributed by atoms with Crippen molar-refractivity contribution in [3.05, 3.63) is 24.0 Å². The van der Waals surface area contributed by atoms with Crippen molar-refractivity contribution in [2.45, 2.75) is 26.8 Å². The van der Waals surface area contributed by atoms with E-state index in [0.29, 0.717) is 18.6 Å². The molecule has 1 aromatic rings. The van der Waals surface area contributed by atoms with Crippen molar-refractivity contribution in [1.29, 1.82) is 0 Å². The number of rotatable bonds is 5. The molecule has 84 valence electrons. The maximum Gasteiger partial charge on any atom is 0.0666 e. The molecular weight excluding hydrogens is 188 g/mol. The van der Waals surface area contributed by atoms with E-state index in [1.165, 1.54) is 5.56 Å². The molecule has 0 aliphatic carbocycles. The first-order valence-corrected chi connectivity index (χ1v) is 5.30. The van der Waals surface area contributed by atoms with Crippen LogP contribution in [0.5, 0.6) is 0 Å². The van der Waals surface area contributed by atoms with Gasteiger partial charge in [0.25, 0.3) is 0 Å². The zero-order valence-corrected chi connectivity index (χ0v) is 9.95. The second-order valence-corrected chi connectivity index (χ2v) is 4.20. The van der Waals surface area contributed by atoms with E-state index in [2.05, 4.69) is 30.2 Å². The highest BCUT2D eigenvalue weighted by Crippen LogP contribution is 2.13. The van der Waals surface area contributed by atoms with Crippen LogP contribution in [0.1, 0.15) is 19.4 Å². The van der Waals surface area contributed by atoms with Gasteiger partial charge >= 0.3 is 0 Å². The predicted octanol–water partition coefficient (Wildman–Crippen LogP) is 2.47. The molecule has 15 heavy (non-hydrogen) atoms. The van der Waals surface area contributed by atoms with Crippen LogP contribution < -0.4 is 5.32 Å². The van der Waals surface area contributed by atoms with Crippen LogP contribution in [0.2, 0.25) is 0 Å².